The van der Waals surface area contributed by atoms with Gasteiger partial charge in [-0.15, -0.1) is 0 Å². The minimum Gasteiger partial charge on any atom is -0.338 e. The van der Waals surface area contributed by atoms with Crippen LogP contribution in [0.4, 0.5) is 8.78 Å². The molecule has 1 amide bonds. The zero-order chi connectivity index (χ0) is 19.0. The number of hydrogen-bond acceptors (Lipinski definition) is 4. The van der Waals surface area contributed by atoms with Crippen molar-refractivity contribution < 1.29 is 18.1 Å². The number of hydrogen-bond donors (Lipinski definition) is 0. The SMILES string of the molecule is O=C1CC(c2noc(-c3ccccc3F)n2)CN1Cc1ccc(F)cc1Cl. The lowest BCUT2D eigenvalue weighted by Gasteiger charge is -2.17. The van der Waals surface area contributed by atoms with Crippen molar-refractivity contribution in [2.24, 2.45) is 0 Å². The molecule has 138 valence electrons. The number of likely N-dealkylation sites (tertiary alicyclic amines) is 1. The molecule has 0 radical (unpaired) electrons. The topological polar surface area (TPSA) is 59.2 Å². The van der Waals surface area contributed by atoms with E-state index in [2.05, 4.69) is 10.1 Å². The molecule has 4 rings (SSSR count). The van der Waals surface area contributed by atoms with E-state index in [1.807, 2.05) is 0 Å². The highest BCUT2D eigenvalue weighted by Crippen LogP contribution is 2.30. The molecule has 1 fully saturated rings. The van der Waals surface area contributed by atoms with Gasteiger partial charge in [-0.3, -0.25) is 4.79 Å². The highest BCUT2D eigenvalue weighted by atomic mass is 35.5. The molecule has 1 aliphatic heterocycles. The Labute approximate surface area is 158 Å². The van der Waals surface area contributed by atoms with E-state index in [4.69, 9.17) is 16.1 Å². The first-order valence-electron chi connectivity index (χ1n) is 8.31. The van der Waals surface area contributed by atoms with Crippen LogP contribution in [0.3, 0.4) is 0 Å². The van der Waals surface area contributed by atoms with E-state index in [0.717, 1.165) is 0 Å². The van der Waals surface area contributed by atoms with E-state index in [-0.39, 0.29) is 41.3 Å². The molecule has 1 atom stereocenters. The van der Waals surface area contributed by atoms with Crippen molar-refractivity contribution in [3.8, 4) is 11.5 Å². The van der Waals surface area contributed by atoms with Crippen molar-refractivity contribution in [2.45, 2.75) is 18.9 Å². The summed E-state index contributed by atoms with van der Waals surface area (Å²) in [4.78, 5) is 18.2. The molecule has 0 N–H and O–H groups in total. The summed E-state index contributed by atoms with van der Waals surface area (Å²) < 4.78 is 32.2. The molecule has 8 heteroatoms. The van der Waals surface area contributed by atoms with Crippen molar-refractivity contribution >= 4 is 17.5 Å². The van der Waals surface area contributed by atoms with E-state index in [9.17, 15) is 13.6 Å². The molecular formula is C19H14ClF2N3O2. The van der Waals surface area contributed by atoms with Gasteiger partial charge in [0.05, 0.1) is 5.56 Å². The van der Waals surface area contributed by atoms with E-state index < -0.39 is 11.6 Å². The molecule has 27 heavy (non-hydrogen) atoms. The van der Waals surface area contributed by atoms with Gasteiger partial charge in [-0.25, -0.2) is 8.78 Å². The first kappa shape index (κ1) is 17.6. The maximum absolute atomic E-state index is 13.9. The van der Waals surface area contributed by atoms with Gasteiger partial charge < -0.3 is 9.42 Å². The van der Waals surface area contributed by atoms with Crippen LogP contribution < -0.4 is 0 Å². The van der Waals surface area contributed by atoms with Gasteiger partial charge >= 0.3 is 0 Å². The lowest BCUT2D eigenvalue weighted by molar-refractivity contribution is -0.128. The van der Waals surface area contributed by atoms with Gasteiger partial charge in [-0.2, -0.15) is 4.98 Å². The number of rotatable bonds is 4. The fourth-order valence-electron chi connectivity index (χ4n) is 3.10. The Hall–Kier alpha value is -2.80. The molecule has 3 aromatic rings. The Morgan fingerprint density at radius 2 is 2.04 bits per heavy atom. The third kappa shape index (κ3) is 3.55. The smallest absolute Gasteiger partial charge is 0.260 e. The molecule has 2 aromatic carbocycles. The van der Waals surface area contributed by atoms with Gasteiger partial charge in [0.15, 0.2) is 5.82 Å². The summed E-state index contributed by atoms with van der Waals surface area (Å²) in [5, 5.41) is 4.18. The van der Waals surface area contributed by atoms with Crippen molar-refractivity contribution in [1.82, 2.24) is 15.0 Å². The Balaban J connectivity index is 1.50. The van der Waals surface area contributed by atoms with E-state index in [1.54, 1.807) is 29.2 Å². The summed E-state index contributed by atoms with van der Waals surface area (Å²) in [5.74, 6) is -0.798. The predicted octanol–water partition coefficient (Wildman–Crippen LogP) is 4.18. The van der Waals surface area contributed by atoms with E-state index >= 15 is 0 Å². The Morgan fingerprint density at radius 3 is 2.81 bits per heavy atom. The number of aromatic nitrogens is 2. The number of amides is 1. The van der Waals surface area contributed by atoms with Crippen molar-refractivity contribution in [1.29, 1.82) is 0 Å². The molecular weight excluding hydrogens is 376 g/mol. The van der Waals surface area contributed by atoms with Crippen LogP contribution in [0.1, 0.15) is 23.7 Å². The van der Waals surface area contributed by atoms with Crippen LogP contribution in [-0.2, 0) is 11.3 Å². The quantitative estimate of drug-likeness (QED) is 0.671. The highest BCUT2D eigenvalue weighted by molar-refractivity contribution is 6.31. The van der Waals surface area contributed by atoms with Gasteiger partial charge in [0.25, 0.3) is 5.89 Å². The summed E-state index contributed by atoms with van der Waals surface area (Å²) in [7, 11) is 0. The number of benzene rings is 2. The minimum atomic E-state index is -0.456. The first-order chi connectivity index (χ1) is 13.0. The predicted molar refractivity (Wildman–Crippen MR) is 93.9 cm³/mol. The lowest BCUT2D eigenvalue weighted by Crippen LogP contribution is -2.24. The summed E-state index contributed by atoms with van der Waals surface area (Å²) in [5.41, 5.74) is 0.878. The van der Waals surface area contributed by atoms with Crippen molar-refractivity contribution in [2.75, 3.05) is 6.54 Å². The summed E-state index contributed by atoms with van der Waals surface area (Å²) in [6.07, 6.45) is 0.217. The number of carbonyl (C=O) groups is 1. The fraction of sp³-hybridized carbons (Fsp3) is 0.211. The number of nitrogens with zero attached hydrogens (tertiary/aromatic N) is 3. The first-order valence-corrected chi connectivity index (χ1v) is 8.69. The summed E-state index contributed by atoms with van der Waals surface area (Å²) in [6.45, 7) is 0.648. The number of carbonyl (C=O) groups excluding carboxylic acids is 1. The van der Waals surface area contributed by atoms with E-state index in [1.165, 1.54) is 18.2 Å². The molecule has 0 aliphatic carbocycles. The van der Waals surface area contributed by atoms with Gasteiger partial charge in [0.2, 0.25) is 5.91 Å². The van der Waals surface area contributed by atoms with Crippen LogP contribution in [0.25, 0.3) is 11.5 Å². The monoisotopic (exact) mass is 389 g/mol. The Kier molecular flexibility index (Phi) is 4.61. The van der Waals surface area contributed by atoms with Gasteiger partial charge in [-0.1, -0.05) is 35.0 Å². The van der Waals surface area contributed by atoms with Gasteiger partial charge in [0, 0.05) is 30.5 Å². The molecule has 1 aliphatic rings. The summed E-state index contributed by atoms with van der Waals surface area (Å²) >= 11 is 6.04. The third-order valence-electron chi connectivity index (χ3n) is 4.50. The second-order valence-electron chi connectivity index (χ2n) is 6.35. The van der Waals surface area contributed by atoms with Crippen LogP contribution in [0.2, 0.25) is 5.02 Å². The fourth-order valence-corrected chi connectivity index (χ4v) is 3.33. The molecule has 5 nitrogen and oxygen atoms in total. The molecule has 0 spiro atoms. The Bertz CT molecular complexity index is 1010. The maximum atomic E-state index is 13.9. The Morgan fingerprint density at radius 1 is 1.22 bits per heavy atom. The van der Waals surface area contributed by atoms with Crippen LogP contribution >= 0.6 is 11.6 Å². The van der Waals surface area contributed by atoms with Gasteiger partial charge in [-0.05, 0) is 29.8 Å². The van der Waals surface area contributed by atoms with Crippen LogP contribution in [-0.4, -0.2) is 27.5 Å². The zero-order valence-corrected chi connectivity index (χ0v) is 14.8. The molecule has 2 heterocycles. The molecule has 0 saturated carbocycles. The van der Waals surface area contributed by atoms with Crippen LogP contribution in [0, 0.1) is 11.6 Å². The highest BCUT2D eigenvalue weighted by Gasteiger charge is 2.34. The zero-order valence-electron chi connectivity index (χ0n) is 14.0. The lowest BCUT2D eigenvalue weighted by atomic mass is 10.1. The van der Waals surface area contributed by atoms with Crippen LogP contribution in [0.15, 0.2) is 47.0 Å². The van der Waals surface area contributed by atoms with E-state index in [0.29, 0.717) is 17.9 Å². The minimum absolute atomic E-state index is 0.0792. The number of halogens is 3. The average Bonchev–Trinajstić information content (AvgIpc) is 3.25. The van der Waals surface area contributed by atoms with Crippen molar-refractivity contribution in [3.05, 3.63) is 70.5 Å². The normalized spacial score (nSPS) is 16.9. The third-order valence-corrected chi connectivity index (χ3v) is 4.85. The van der Waals surface area contributed by atoms with Gasteiger partial charge in [0.1, 0.15) is 11.6 Å². The second-order valence-corrected chi connectivity index (χ2v) is 6.76. The van der Waals surface area contributed by atoms with Crippen molar-refractivity contribution in [3.63, 3.8) is 0 Å². The summed E-state index contributed by atoms with van der Waals surface area (Å²) in [6, 6.07) is 10.2. The standard InChI is InChI=1S/C19H14ClF2N3O2/c20-15-8-13(21)6-5-11(15)9-25-10-12(7-17(25)26)18-23-19(27-24-18)14-3-1-2-4-16(14)22/h1-6,8,12H,7,9-10H2. The largest absolute Gasteiger partial charge is 0.338 e. The molecule has 0 bridgehead atoms. The average molecular weight is 390 g/mol. The molecule has 1 unspecified atom stereocenters. The van der Waals surface area contributed by atoms with Crippen LogP contribution in [0.5, 0.6) is 0 Å². The maximum Gasteiger partial charge on any atom is 0.260 e. The molecule has 1 saturated heterocycles. The second kappa shape index (κ2) is 7.08. The molecule has 1 aromatic heterocycles.